The zero-order chi connectivity index (χ0) is 13.5. The van der Waals surface area contributed by atoms with Gasteiger partial charge in [0, 0.05) is 6.54 Å². The summed E-state index contributed by atoms with van der Waals surface area (Å²) in [5.74, 6) is -0.347. The fraction of sp³-hybridized carbons (Fsp3) is 0.429. The van der Waals surface area contributed by atoms with Crippen LogP contribution in [0.1, 0.15) is 46.9 Å². The minimum Gasteiger partial charge on any atom is -0.274 e. The molecule has 0 saturated carbocycles. The van der Waals surface area contributed by atoms with Crippen molar-refractivity contribution in [2.45, 2.75) is 31.8 Å². The molecule has 0 radical (unpaired) electrons. The van der Waals surface area contributed by atoms with Crippen LogP contribution in [0, 0.1) is 0 Å². The van der Waals surface area contributed by atoms with E-state index in [0.29, 0.717) is 17.7 Å². The van der Waals surface area contributed by atoms with E-state index in [-0.39, 0.29) is 17.5 Å². The molecule has 0 unspecified atom stereocenters. The molecule has 0 fully saturated rings. The summed E-state index contributed by atoms with van der Waals surface area (Å²) >= 11 is 0. The van der Waals surface area contributed by atoms with Gasteiger partial charge in [0.15, 0.2) is 5.66 Å². The zero-order valence-corrected chi connectivity index (χ0v) is 10.8. The van der Waals surface area contributed by atoms with E-state index >= 15 is 0 Å². The summed E-state index contributed by atoms with van der Waals surface area (Å²) in [6.45, 7) is 2.46. The second-order valence-corrected chi connectivity index (χ2v) is 5.18. The average Bonchev–Trinajstić information content (AvgIpc) is 3.10. The Hall–Kier alpha value is -2.04. The molecule has 0 aliphatic carbocycles. The Morgan fingerprint density at radius 2 is 1.63 bits per heavy atom. The molecule has 2 aliphatic heterocycles. The van der Waals surface area contributed by atoms with Crippen LogP contribution in [0.5, 0.6) is 0 Å². The van der Waals surface area contributed by atoms with Gasteiger partial charge in [-0.3, -0.25) is 14.5 Å². The molecule has 1 aromatic carbocycles. The van der Waals surface area contributed by atoms with Gasteiger partial charge in [-0.1, -0.05) is 12.1 Å². The summed E-state index contributed by atoms with van der Waals surface area (Å²) in [5, 5.41) is 7.89. The molecule has 5 nitrogen and oxygen atoms in total. The van der Waals surface area contributed by atoms with Crippen LogP contribution in [0.4, 0.5) is 0 Å². The number of benzene rings is 1. The van der Waals surface area contributed by atoms with Crippen LogP contribution in [0.2, 0.25) is 0 Å². The van der Waals surface area contributed by atoms with Gasteiger partial charge in [0.2, 0.25) is 0 Å². The number of carbonyl (C=O) groups is 2. The summed E-state index contributed by atoms with van der Waals surface area (Å²) in [6.07, 6.45) is 2.60. The first-order valence-electron chi connectivity index (χ1n) is 6.50. The van der Waals surface area contributed by atoms with Crippen LogP contribution >= 0.6 is 0 Å². The van der Waals surface area contributed by atoms with E-state index in [4.69, 9.17) is 0 Å². The number of fused-ring (bicyclic) bond motifs is 1. The quantitative estimate of drug-likeness (QED) is 0.601. The van der Waals surface area contributed by atoms with E-state index in [0.717, 1.165) is 19.3 Å². The van der Waals surface area contributed by atoms with Crippen molar-refractivity contribution in [1.29, 1.82) is 0 Å². The Kier molecular flexibility index (Phi) is 2.69. The number of imide groups is 1. The van der Waals surface area contributed by atoms with Crippen molar-refractivity contribution in [3.63, 3.8) is 0 Å². The second kappa shape index (κ2) is 4.26. The van der Waals surface area contributed by atoms with Gasteiger partial charge in [-0.15, -0.1) is 0 Å². The van der Waals surface area contributed by atoms with Crippen molar-refractivity contribution in [2.75, 3.05) is 6.54 Å². The molecule has 0 spiro atoms. The van der Waals surface area contributed by atoms with Crippen LogP contribution in [0.3, 0.4) is 0 Å². The maximum Gasteiger partial charge on any atom is 0.261 e. The number of carbonyl (C=O) groups excluding carboxylic acids is 2. The standard InChI is InChI=1S/C14H15N3O2/c1-14(15-16-14)8-4-5-9-17-12(18)10-6-2-3-7-11(10)13(17)19/h2-3,6-7H,4-5,8-9H2,1H3. The van der Waals surface area contributed by atoms with Gasteiger partial charge in [-0.25, -0.2) is 0 Å². The molecule has 0 saturated heterocycles. The van der Waals surface area contributed by atoms with Crippen molar-refractivity contribution in [2.24, 2.45) is 10.2 Å². The zero-order valence-electron chi connectivity index (χ0n) is 10.8. The lowest BCUT2D eigenvalue weighted by Gasteiger charge is -2.13. The molecule has 0 N–H and O–H groups in total. The molecule has 19 heavy (non-hydrogen) atoms. The highest BCUT2D eigenvalue weighted by atomic mass is 16.2. The van der Waals surface area contributed by atoms with Crippen molar-refractivity contribution in [3.8, 4) is 0 Å². The molecule has 1 aromatic rings. The normalized spacial score (nSPS) is 18.9. The van der Waals surface area contributed by atoms with E-state index < -0.39 is 0 Å². The first-order valence-corrected chi connectivity index (χ1v) is 6.50. The van der Waals surface area contributed by atoms with Gasteiger partial charge >= 0.3 is 0 Å². The van der Waals surface area contributed by atoms with Crippen LogP contribution in [0.25, 0.3) is 0 Å². The Balaban J connectivity index is 1.58. The number of hydrogen-bond donors (Lipinski definition) is 0. The number of rotatable bonds is 5. The molecule has 2 heterocycles. The topological polar surface area (TPSA) is 62.1 Å². The van der Waals surface area contributed by atoms with E-state index in [1.807, 2.05) is 6.92 Å². The van der Waals surface area contributed by atoms with Crippen LogP contribution in [0.15, 0.2) is 34.5 Å². The Labute approximate surface area is 111 Å². The van der Waals surface area contributed by atoms with Gasteiger partial charge in [-0.2, -0.15) is 10.2 Å². The summed E-state index contributed by atoms with van der Waals surface area (Å²) in [5.41, 5.74) is 0.848. The molecule has 0 atom stereocenters. The maximum atomic E-state index is 12.1. The Morgan fingerprint density at radius 1 is 1.05 bits per heavy atom. The Morgan fingerprint density at radius 3 is 2.16 bits per heavy atom. The largest absolute Gasteiger partial charge is 0.274 e. The van der Waals surface area contributed by atoms with Gasteiger partial charge < -0.3 is 0 Å². The third kappa shape index (κ3) is 2.16. The maximum absolute atomic E-state index is 12.1. The molecule has 5 heteroatoms. The smallest absolute Gasteiger partial charge is 0.261 e. The van der Waals surface area contributed by atoms with Gasteiger partial charge in [0.05, 0.1) is 11.1 Å². The SMILES string of the molecule is CC1(CCCCN2C(=O)c3ccccc3C2=O)N=N1. The Bertz CT molecular complexity index is 539. The van der Waals surface area contributed by atoms with Crippen LogP contribution in [-0.2, 0) is 0 Å². The number of hydrogen-bond acceptors (Lipinski definition) is 4. The summed E-state index contributed by atoms with van der Waals surface area (Å²) in [6, 6.07) is 6.98. The monoisotopic (exact) mass is 257 g/mol. The minimum atomic E-state index is -0.192. The fourth-order valence-corrected chi connectivity index (χ4v) is 2.36. The van der Waals surface area contributed by atoms with Crippen LogP contribution < -0.4 is 0 Å². The van der Waals surface area contributed by atoms with E-state index in [2.05, 4.69) is 10.2 Å². The van der Waals surface area contributed by atoms with Crippen LogP contribution in [-0.4, -0.2) is 28.9 Å². The van der Waals surface area contributed by atoms with Gasteiger partial charge in [-0.05, 0) is 38.3 Å². The van der Waals surface area contributed by atoms with E-state index in [1.54, 1.807) is 24.3 Å². The average molecular weight is 257 g/mol. The number of unbranched alkanes of at least 4 members (excludes halogenated alkanes) is 1. The number of nitrogens with zero attached hydrogens (tertiary/aromatic N) is 3. The predicted octanol–water partition coefficient (Wildman–Crippen LogP) is 2.63. The molecule has 2 aliphatic rings. The highest BCUT2D eigenvalue weighted by Gasteiger charge is 2.35. The molecule has 2 amide bonds. The van der Waals surface area contributed by atoms with Gasteiger partial charge in [0.1, 0.15) is 0 Å². The number of amides is 2. The van der Waals surface area contributed by atoms with E-state index in [1.165, 1.54) is 4.90 Å². The molecule has 3 rings (SSSR count). The molecule has 98 valence electrons. The highest BCUT2D eigenvalue weighted by molar-refractivity contribution is 6.21. The molecular formula is C14H15N3O2. The van der Waals surface area contributed by atoms with Gasteiger partial charge in [0.25, 0.3) is 11.8 Å². The molecule has 0 aromatic heterocycles. The lowest BCUT2D eigenvalue weighted by Crippen LogP contribution is -2.30. The fourth-order valence-electron chi connectivity index (χ4n) is 2.36. The predicted molar refractivity (Wildman–Crippen MR) is 68.9 cm³/mol. The minimum absolute atomic E-state index is 0.174. The molecule has 0 bridgehead atoms. The second-order valence-electron chi connectivity index (χ2n) is 5.18. The molecular weight excluding hydrogens is 242 g/mol. The lowest BCUT2D eigenvalue weighted by atomic mass is 10.1. The highest BCUT2D eigenvalue weighted by Crippen LogP contribution is 2.32. The van der Waals surface area contributed by atoms with Crippen molar-refractivity contribution in [3.05, 3.63) is 35.4 Å². The van der Waals surface area contributed by atoms with Crippen molar-refractivity contribution >= 4 is 11.8 Å². The summed E-state index contributed by atoms with van der Waals surface area (Å²) < 4.78 is 0. The lowest BCUT2D eigenvalue weighted by molar-refractivity contribution is 0.0651. The summed E-state index contributed by atoms with van der Waals surface area (Å²) in [4.78, 5) is 25.5. The summed E-state index contributed by atoms with van der Waals surface area (Å²) in [7, 11) is 0. The van der Waals surface area contributed by atoms with Crippen molar-refractivity contribution < 1.29 is 9.59 Å². The first-order chi connectivity index (χ1) is 9.11. The van der Waals surface area contributed by atoms with Crippen molar-refractivity contribution in [1.82, 2.24) is 4.90 Å². The third-order valence-corrected chi connectivity index (χ3v) is 3.60. The van der Waals surface area contributed by atoms with E-state index in [9.17, 15) is 9.59 Å². The first kappa shape index (κ1) is 12.0. The third-order valence-electron chi connectivity index (χ3n) is 3.60.